The summed E-state index contributed by atoms with van der Waals surface area (Å²) in [4.78, 5) is 0. The first-order chi connectivity index (χ1) is 7.01. The molecular weight excluding hydrogens is 1300 g/mol. The standard InChI is InChI=1S/2C4H8F2O2.4Rf/c2*1-2-4(5,6)3(7)8;;;;/h2*3,7-8H,2H2,1H3;;;;. The average Bonchev–Trinajstić information content (AvgIpc) is 2.18. The molecule has 0 saturated heterocycles. The molecule has 0 heterocycles. The maximum Gasteiger partial charge on any atom is 0.297 e. The van der Waals surface area contributed by atoms with Gasteiger partial charge < -0.3 is 20.4 Å². The Morgan fingerprint density at radius 2 is 0.800 bits per heavy atom. The molecule has 0 bridgehead atoms. The molecule has 0 radical (unpaired) electrons. The van der Waals surface area contributed by atoms with Crippen LogP contribution >= 0.6 is 0 Å². The molecule has 0 rings (SSSR count). The Labute approximate surface area is 90.1 Å². The van der Waals surface area contributed by atoms with Crippen LogP contribution in [-0.2, 0) is 0 Å². The van der Waals surface area contributed by atoms with Crippen LogP contribution in [-0.4, -0.2) is 44.9 Å². The van der Waals surface area contributed by atoms with Crippen LogP contribution in [0.25, 0.3) is 0 Å². The molecule has 0 atom stereocenters. The smallest absolute Gasteiger partial charge is 0.297 e. The second-order valence-corrected chi connectivity index (χ2v) is 2.98. The van der Waals surface area contributed by atoms with E-state index < -0.39 is 37.3 Å². The van der Waals surface area contributed by atoms with Crippen molar-refractivity contribution >= 4 is 0 Å². The van der Waals surface area contributed by atoms with Gasteiger partial charge in [0.25, 0.3) is 11.8 Å². The molecule has 0 aromatic heterocycles. The minimum Gasteiger partial charge on any atom is -0.363 e. The van der Waals surface area contributed by atoms with Crippen LogP contribution in [0.5, 0.6) is 0 Å². The van der Waals surface area contributed by atoms with E-state index in [1.54, 1.807) is 0 Å². The van der Waals surface area contributed by atoms with Gasteiger partial charge in [-0.2, -0.15) is 0 Å². The molecule has 20 heavy (non-hydrogen) atoms. The predicted octanol–water partition coefficient (Wildman–Crippen LogP) is 0.685. The van der Waals surface area contributed by atoms with E-state index in [-0.39, 0.29) is 0 Å². The minimum atomic E-state index is -3.35. The van der Waals surface area contributed by atoms with Gasteiger partial charge >= 0.3 is 0 Å². The molecule has 0 aromatic carbocycles. The third-order valence-corrected chi connectivity index (χ3v) is 1.70. The average molecular weight is 1320 g/mol. The molecule has 4 N–H and O–H groups in total. The number of aliphatic hydroxyl groups is 4. The van der Waals surface area contributed by atoms with Crippen molar-refractivity contribution in [1.29, 1.82) is 0 Å². The van der Waals surface area contributed by atoms with Crippen molar-refractivity contribution in [1.82, 2.24) is 0 Å². The first-order valence-corrected chi connectivity index (χ1v) is 4.49. The van der Waals surface area contributed by atoms with Crippen molar-refractivity contribution in [2.75, 3.05) is 0 Å². The van der Waals surface area contributed by atoms with Gasteiger partial charge in [0.2, 0.25) is 12.6 Å². The number of hydrogen-bond donors (Lipinski definition) is 4. The zero-order valence-electron chi connectivity index (χ0n) is 11.7. The van der Waals surface area contributed by atoms with Crippen molar-refractivity contribution in [2.45, 2.75) is 51.1 Å². The third-order valence-electron chi connectivity index (χ3n) is 1.70. The molecule has 0 aliphatic heterocycles. The minimum absolute atomic E-state index is 0. The number of rotatable bonds is 4. The van der Waals surface area contributed by atoms with Crippen molar-refractivity contribution < 1.29 is 38.0 Å². The molecule has 0 aromatic rings. The van der Waals surface area contributed by atoms with Gasteiger partial charge in [0, 0.05) is 12.8 Å². The Balaban J connectivity index is -0.0000000408. The number of aliphatic hydroxyl groups excluding tert-OH is 2. The Morgan fingerprint density at radius 3 is 0.800 bits per heavy atom. The second kappa shape index (κ2) is 11.1. The molecule has 0 amide bonds. The van der Waals surface area contributed by atoms with Crippen LogP contribution in [0.3, 0.4) is 0 Å². The molecular formula is C8H16F4O4Rf4. The van der Waals surface area contributed by atoms with E-state index in [1.165, 1.54) is 13.8 Å². The van der Waals surface area contributed by atoms with Gasteiger partial charge in [-0.05, 0) is 0 Å². The SMILES string of the molecule is CCC(F)(F)C(O)O.CCC(F)(F)C(O)O.[Rf].[Rf].[Rf].[Rf]. The summed E-state index contributed by atoms with van der Waals surface area (Å²) in [6, 6.07) is 0. The Kier molecular flexibility index (Phi) is 20.0. The molecule has 108 valence electrons. The molecule has 0 aliphatic carbocycles. The largest absolute Gasteiger partial charge is 0.363 e. The van der Waals surface area contributed by atoms with Gasteiger partial charge in [0.1, 0.15) is 0 Å². The summed E-state index contributed by atoms with van der Waals surface area (Å²) in [6.45, 7) is 2.36. The van der Waals surface area contributed by atoms with Gasteiger partial charge in [-0.15, -0.1) is 0 Å². The van der Waals surface area contributed by atoms with Gasteiger partial charge in [0.05, 0.1) is 0 Å². The zero-order valence-corrected chi connectivity index (χ0v) is 37.3. The van der Waals surface area contributed by atoms with Crippen LogP contribution in [0.4, 0.5) is 17.6 Å². The van der Waals surface area contributed by atoms with Crippen LogP contribution in [0, 0.1) is 0 Å². The Hall–Kier alpha value is -4.44. The summed E-state index contributed by atoms with van der Waals surface area (Å²) >= 11 is 0. The molecule has 0 saturated carbocycles. The normalized spacial score (nSPS) is 10.2. The van der Waals surface area contributed by atoms with Crippen LogP contribution < -0.4 is 0 Å². The van der Waals surface area contributed by atoms with Gasteiger partial charge in [0.15, 0.2) is 0 Å². The topological polar surface area (TPSA) is 80.9 Å². The zero-order chi connectivity index (χ0) is 13.6. The van der Waals surface area contributed by atoms with Crippen LogP contribution in [0.1, 0.15) is 26.7 Å². The fraction of sp³-hybridized carbons (Fsp3) is 1.00. The monoisotopic (exact) mass is 1320 g/mol. The molecule has 12 heteroatoms. The van der Waals surface area contributed by atoms with E-state index in [9.17, 15) is 17.6 Å². The predicted molar refractivity (Wildman–Crippen MR) is 46.9 cm³/mol. The Morgan fingerprint density at radius 1 is 0.650 bits per heavy atom. The van der Waals surface area contributed by atoms with Crippen molar-refractivity contribution in [3.05, 3.63) is 0 Å². The van der Waals surface area contributed by atoms with E-state index in [4.69, 9.17) is 20.4 Å². The summed E-state index contributed by atoms with van der Waals surface area (Å²) < 4.78 is 47.1. The summed E-state index contributed by atoms with van der Waals surface area (Å²) in [5.41, 5.74) is 0. The van der Waals surface area contributed by atoms with Gasteiger partial charge in [-0.1, -0.05) is 13.8 Å². The van der Waals surface area contributed by atoms with Crippen LogP contribution in [0.15, 0.2) is 0 Å². The van der Waals surface area contributed by atoms with E-state index in [2.05, 4.69) is 0 Å². The molecule has 0 aliphatic rings. The van der Waals surface area contributed by atoms with E-state index in [1.807, 2.05) is 0 Å². The molecule has 0 fully saturated rings. The molecule has 0 spiro atoms. The van der Waals surface area contributed by atoms with Crippen molar-refractivity contribution in [3.63, 3.8) is 0 Å². The Bertz CT molecular complexity index is 179. The van der Waals surface area contributed by atoms with E-state index >= 15 is 0 Å². The number of halogens is 4. The van der Waals surface area contributed by atoms with Gasteiger partial charge in [-0.25, -0.2) is 17.6 Å². The summed E-state index contributed by atoms with van der Waals surface area (Å²) in [7, 11) is 0. The first kappa shape index (κ1) is 36.1. The van der Waals surface area contributed by atoms with E-state index in [0.717, 1.165) is 0 Å². The van der Waals surface area contributed by atoms with Crippen molar-refractivity contribution in [3.8, 4) is 0 Å². The first-order valence-electron chi connectivity index (χ1n) is 4.49. The molecule has 0 unspecified atom stereocenters. The number of hydrogen-bond acceptors (Lipinski definition) is 4. The van der Waals surface area contributed by atoms with Gasteiger partial charge in [-0.3, -0.25) is 0 Å². The molecule has 4 nitrogen and oxygen atoms in total. The summed E-state index contributed by atoms with van der Waals surface area (Å²) in [5, 5.41) is 31.5. The maximum absolute atomic E-state index is 11.8. The van der Waals surface area contributed by atoms with Crippen LogP contribution in [0.2, 0.25) is 0 Å². The third kappa shape index (κ3) is 11.6. The van der Waals surface area contributed by atoms with Crippen molar-refractivity contribution in [2.24, 2.45) is 0 Å². The number of alkyl halides is 4. The van der Waals surface area contributed by atoms with E-state index in [0.29, 0.717) is 0 Å². The second-order valence-electron chi connectivity index (χ2n) is 2.98. The fourth-order valence-corrected chi connectivity index (χ4v) is 0.365. The summed E-state index contributed by atoms with van der Waals surface area (Å²) in [5.74, 6) is -6.69. The quantitative estimate of drug-likeness (QED) is 0.247. The summed E-state index contributed by atoms with van der Waals surface area (Å²) in [6.07, 6.45) is -6.14. The maximum atomic E-state index is 11.8. The fourth-order valence-electron chi connectivity index (χ4n) is 0.365.